The number of likely N-dealkylation sites (N-methyl/N-ethyl adjacent to an activating group) is 1. The number of nitrogens with zero attached hydrogens (tertiary/aromatic N) is 2. The van der Waals surface area contributed by atoms with Crippen LogP contribution < -0.4 is 9.64 Å². The van der Waals surface area contributed by atoms with Crippen LogP contribution in [0.4, 0.5) is 5.69 Å². The zero-order chi connectivity index (χ0) is 23.7. The maximum absolute atomic E-state index is 11.9. The Morgan fingerprint density at radius 3 is 2.31 bits per heavy atom. The fraction of sp³-hybridized carbons (Fsp3) is 0.375. The quantitative estimate of drug-likeness (QED) is 0.272. The van der Waals surface area contributed by atoms with Crippen LogP contribution in [-0.2, 0) is 14.3 Å². The van der Waals surface area contributed by atoms with Crippen LogP contribution in [0.2, 0.25) is 0 Å². The highest BCUT2D eigenvalue weighted by Gasteiger charge is 2.25. The Labute approximate surface area is 193 Å². The number of anilines is 1. The molecule has 0 fully saturated rings. The number of amides is 1. The maximum Gasteiger partial charge on any atom is 0.302 e. The van der Waals surface area contributed by atoms with Gasteiger partial charge in [0.05, 0.1) is 18.0 Å². The van der Waals surface area contributed by atoms with Crippen molar-refractivity contribution in [3.8, 4) is 5.75 Å². The number of rotatable bonds is 12. The Morgan fingerprint density at radius 2 is 1.78 bits per heavy atom. The van der Waals surface area contributed by atoms with Crippen LogP contribution in [-0.4, -0.2) is 64.0 Å². The summed E-state index contributed by atoms with van der Waals surface area (Å²) in [6.07, 6.45) is 1.10. The molecule has 172 valence electrons. The van der Waals surface area contributed by atoms with Gasteiger partial charge in [-0.1, -0.05) is 18.2 Å². The van der Waals surface area contributed by atoms with Gasteiger partial charge in [-0.3, -0.25) is 14.4 Å². The van der Waals surface area contributed by atoms with Gasteiger partial charge < -0.3 is 19.3 Å². The Morgan fingerprint density at radius 1 is 1.09 bits per heavy atom. The first-order chi connectivity index (χ1) is 15.3. The number of esters is 1. The molecule has 0 spiro atoms. The molecule has 2 aromatic rings. The highest BCUT2D eigenvalue weighted by atomic mass is 32.2. The smallest absolute Gasteiger partial charge is 0.302 e. The topological polar surface area (TPSA) is 76.2 Å². The van der Waals surface area contributed by atoms with E-state index in [2.05, 4.69) is 0 Å². The van der Waals surface area contributed by atoms with E-state index in [0.29, 0.717) is 24.3 Å². The molecule has 0 saturated heterocycles. The van der Waals surface area contributed by atoms with Gasteiger partial charge in [-0.05, 0) is 50.8 Å². The maximum atomic E-state index is 11.9. The molecule has 0 unspecified atom stereocenters. The van der Waals surface area contributed by atoms with E-state index in [1.54, 1.807) is 24.1 Å². The number of carbonyl (C=O) groups is 3. The average Bonchev–Trinajstić information content (AvgIpc) is 2.77. The van der Waals surface area contributed by atoms with Crippen LogP contribution in [0.25, 0.3) is 0 Å². The highest BCUT2D eigenvalue weighted by molar-refractivity contribution is 7.99. The number of thioether (sulfide) groups is 1. The first-order valence-corrected chi connectivity index (χ1v) is 11.1. The lowest BCUT2D eigenvalue weighted by atomic mass is 10.1. The van der Waals surface area contributed by atoms with E-state index in [-0.39, 0.29) is 11.2 Å². The van der Waals surface area contributed by atoms with Crippen LogP contribution in [0.5, 0.6) is 5.75 Å². The van der Waals surface area contributed by atoms with Gasteiger partial charge in [0.25, 0.3) is 0 Å². The molecule has 1 amide bonds. The second kappa shape index (κ2) is 12.3. The summed E-state index contributed by atoms with van der Waals surface area (Å²) < 4.78 is 10.8. The summed E-state index contributed by atoms with van der Waals surface area (Å²) in [5.41, 5.74) is 2.07. The second-order valence-corrected chi connectivity index (χ2v) is 8.76. The first-order valence-electron chi connectivity index (χ1n) is 10.2. The highest BCUT2D eigenvalue weighted by Crippen LogP contribution is 2.43. The zero-order valence-corrected chi connectivity index (χ0v) is 19.9. The molecule has 0 heterocycles. The average molecular weight is 459 g/mol. The summed E-state index contributed by atoms with van der Waals surface area (Å²) in [5, 5.41) is -0.243. The molecule has 2 rings (SSSR count). The molecule has 2 aromatic carbocycles. The number of hydrogen-bond acceptors (Lipinski definition) is 7. The summed E-state index contributed by atoms with van der Waals surface area (Å²) in [4.78, 5) is 39.3. The fourth-order valence-corrected chi connectivity index (χ4v) is 4.42. The van der Waals surface area contributed by atoms with E-state index in [1.807, 2.05) is 56.3 Å². The molecule has 0 radical (unpaired) electrons. The van der Waals surface area contributed by atoms with Crippen molar-refractivity contribution in [1.29, 1.82) is 0 Å². The lowest BCUT2D eigenvalue weighted by molar-refractivity contribution is -0.145. The molecular weight excluding hydrogens is 428 g/mol. The van der Waals surface area contributed by atoms with Crippen LogP contribution in [0.15, 0.2) is 47.4 Å². The minimum Gasteiger partial charge on any atom is -0.497 e. The normalized spacial score (nSPS) is 12.7. The first kappa shape index (κ1) is 25.4. The third kappa shape index (κ3) is 7.10. The van der Waals surface area contributed by atoms with Gasteiger partial charge in [0.1, 0.15) is 18.1 Å². The van der Waals surface area contributed by atoms with Gasteiger partial charge in [0, 0.05) is 30.5 Å². The number of aldehydes is 1. The molecular formula is C24H30N2O5S. The van der Waals surface area contributed by atoms with E-state index in [9.17, 15) is 14.4 Å². The molecule has 0 aliphatic rings. The molecule has 7 nitrogen and oxygen atoms in total. The van der Waals surface area contributed by atoms with Crippen molar-refractivity contribution in [3.05, 3.63) is 53.6 Å². The lowest BCUT2D eigenvalue weighted by Gasteiger charge is -2.27. The van der Waals surface area contributed by atoms with Crippen LogP contribution in [0.1, 0.15) is 35.0 Å². The monoisotopic (exact) mass is 458 g/mol. The van der Waals surface area contributed by atoms with Gasteiger partial charge in [-0.25, -0.2) is 0 Å². The summed E-state index contributed by atoms with van der Waals surface area (Å²) >= 11 is 1.48. The molecule has 8 heteroatoms. The SMILES string of the molecule is COc1ccc([C@H](Sc2ccc(C=O)cc2N(C=O)CCN(C)C)[C@H](C)OC(C)=O)cc1. The minimum absolute atomic E-state index is 0.243. The molecule has 0 bridgehead atoms. The lowest BCUT2D eigenvalue weighted by Crippen LogP contribution is -2.31. The van der Waals surface area contributed by atoms with Gasteiger partial charge in [-0.15, -0.1) is 11.8 Å². The van der Waals surface area contributed by atoms with E-state index < -0.39 is 6.10 Å². The van der Waals surface area contributed by atoms with Crippen molar-refractivity contribution in [2.75, 3.05) is 39.2 Å². The third-order valence-corrected chi connectivity index (χ3v) is 6.33. The Balaban J connectivity index is 2.47. The van der Waals surface area contributed by atoms with Crippen molar-refractivity contribution in [2.45, 2.75) is 30.1 Å². The fourth-order valence-electron chi connectivity index (χ4n) is 3.16. The van der Waals surface area contributed by atoms with Gasteiger partial charge >= 0.3 is 5.97 Å². The van der Waals surface area contributed by atoms with Crippen LogP contribution in [0, 0.1) is 0 Å². The number of carbonyl (C=O) groups excluding carboxylic acids is 3. The number of hydrogen-bond donors (Lipinski definition) is 0. The van der Waals surface area contributed by atoms with Crippen molar-refractivity contribution in [2.24, 2.45) is 0 Å². The van der Waals surface area contributed by atoms with Gasteiger partial charge in [0.2, 0.25) is 6.41 Å². The van der Waals surface area contributed by atoms with Crippen molar-refractivity contribution in [3.63, 3.8) is 0 Å². The summed E-state index contributed by atoms with van der Waals surface area (Å²) in [6.45, 7) is 4.36. The zero-order valence-electron chi connectivity index (χ0n) is 19.1. The van der Waals surface area contributed by atoms with Gasteiger partial charge in [-0.2, -0.15) is 0 Å². The van der Waals surface area contributed by atoms with E-state index in [0.717, 1.165) is 28.9 Å². The Hall–Kier alpha value is -2.84. The predicted octanol–water partition coefficient (Wildman–Crippen LogP) is 3.82. The van der Waals surface area contributed by atoms with Crippen molar-refractivity contribution < 1.29 is 23.9 Å². The summed E-state index contributed by atoms with van der Waals surface area (Å²) in [5.74, 6) is 0.359. The van der Waals surface area contributed by atoms with Gasteiger partial charge in [0.15, 0.2) is 0 Å². The van der Waals surface area contributed by atoms with E-state index in [4.69, 9.17) is 9.47 Å². The van der Waals surface area contributed by atoms with E-state index in [1.165, 1.54) is 18.7 Å². The largest absolute Gasteiger partial charge is 0.497 e. The predicted molar refractivity (Wildman–Crippen MR) is 127 cm³/mol. The summed E-state index contributed by atoms with van der Waals surface area (Å²) in [7, 11) is 5.47. The second-order valence-electron chi connectivity index (χ2n) is 7.57. The molecule has 2 atom stereocenters. The van der Waals surface area contributed by atoms with Crippen molar-refractivity contribution in [1.82, 2.24) is 4.90 Å². The van der Waals surface area contributed by atoms with E-state index >= 15 is 0 Å². The molecule has 0 aliphatic heterocycles. The standard InChI is InChI=1S/C24H30N2O5S/c1-17(31-18(2)29)24(20-7-9-21(30-5)10-8-20)32-23-11-6-19(15-27)14-22(23)26(16-28)13-12-25(3)4/h6-11,14-17,24H,12-13H2,1-5H3/t17-,24+/m0/s1. The Bertz CT molecular complexity index is 917. The molecule has 0 aromatic heterocycles. The van der Waals surface area contributed by atoms with Crippen molar-refractivity contribution >= 4 is 36.1 Å². The van der Waals surface area contributed by atoms with Crippen LogP contribution in [0.3, 0.4) is 0 Å². The molecule has 32 heavy (non-hydrogen) atoms. The Kier molecular flexibility index (Phi) is 9.74. The molecule has 0 aliphatic carbocycles. The number of ether oxygens (including phenoxy) is 2. The number of benzene rings is 2. The third-order valence-electron chi connectivity index (χ3n) is 4.82. The molecule has 0 saturated carbocycles. The molecule has 0 N–H and O–H groups in total. The summed E-state index contributed by atoms with van der Waals surface area (Å²) in [6, 6.07) is 12.8. The van der Waals surface area contributed by atoms with Crippen LogP contribution >= 0.6 is 11.8 Å². The number of methoxy groups -OCH3 is 1. The minimum atomic E-state index is -0.434.